The lowest BCUT2D eigenvalue weighted by Crippen LogP contribution is -2.56. The first-order valence-corrected chi connectivity index (χ1v) is 23.1. The van der Waals surface area contributed by atoms with E-state index in [9.17, 15) is 18.4 Å². The predicted octanol–water partition coefficient (Wildman–Crippen LogP) is 10.2. The highest BCUT2D eigenvalue weighted by Gasteiger charge is 2.50. The number of halogens is 4. The smallest absolute Gasteiger partial charge is 0.413 e. The van der Waals surface area contributed by atoms with E-state index in [4.69, 9.17) is 24.9 Å². The van der Waals surface area contributed by atoms with Crippen LogP contribution in [0, 0.1) is 23.3 Å². The van der Waals surface area contributed by atoms with Crippen LogP contribution in [0.2, 0.25) is 0 Å². The summed E-state index contributed by atoms with van der Waals surface area (Å²) in [6.07, 6.45) is 13.4. The number of hydrogen-bond acceptors (Lipinski definition) is 11. The fraction of sp³-hybridized carbons (Fsp3) is 0.490. The number of anilines is 2. The van der Waals surface area contributed by atoms with Gasteiger partial charge in [0.2, 0.25) is 6.79 Å². The van der Waals surface area contributed by atoms with E-state index < -0.39 is 36.3 Å². The molecule has 0 radical (unpaired) electrons. The van der Waals surface area contributed by atoms with Crippen LogP contribution in [0.4, 0.5) is 33.9 Å². The Kier molecular flexibility index (Phi) is 13.0. The first-order chi connectivity index (χ1) is 31.5. The van der Waals surface area contributed by atoms with Gasteiger partial charge in [-0.3, -0.25) is 19.6 Å². The van der Waals surface area contributed by atoms with Gasteiger partial charge in [-0.1, -0.05) is 63.6 Å². The van der Waals surface area contributed by atoms with Crippen LogP contribution in [-0.2, 0) is 14.3 Å². The van der Waals surface area contributed by atoms with Crippen molar-refractivity contribution >= 4 is 45.2 Å². The molecule has 0 aliphatic carbocycles. The molecule has 4 atom stereocenters. The van der Waals surface area contributed by atoms with Gasteiger partial charge < -0.3 is 24.8 Å². The summed E-state index contributed by atoms with van der Waals surface area (Å²) in [6, 6.07) is 11.2. The van der Waals surface area contributed by atoms with Crippen molar-refractivity contribution in [2.24, 2.45) is 0 Å². The minimum Gasteiger partial charge on any atom is -0.461 e. The number of unbranched alkanes of at least 4 members (excludes halogenated alkanes) is 6. The summed E-state index contributed by atoms with van der Waals surface area (Å²) in [4.78, 5) is 45.9. The number of aromatic nitrogens is 3. The van der Waals surface area contributed by atoms with E-state index in [0.717, 1.165) is 69.5 Å². The van der Waals surface area contributed by atoms with Crippen LogP contribution in [0.5, 0.6) is 6.01 Å². The molecule has 16 heteroatoms. The average molecular weight is 898 g/mol. The van der Waals surface area contributed by atoms with Crippen LogP contribution in [0.1, 0.15) is 108 Å². The minimum absolute atomic E-state index is 0.0361. The van der Waals surface area contributed by atoms with E-state index in [-0.39, 0.29) is 87.1 Å². The Bertz CT molecular complexity index is 2550. The number of benzene rings is 3. The summed E-state index contributed by atoms with van der Waals surface area (Å²) < 4.78 is 78.4. The lowest BCUT2D eigenvalue weighted by molar-refractivity contribution is -0.152. The molecule has 6 heterocycles. The summed E-state index contributed by atoms with van der Waals surface area (Å²) in [5.74, 6) is -3.50. The number of fused-ring (bicyclic) bond motifs is 5. The standard InChI is InChI=1S/C49H55F4N7O5/c1-2-3-4-5-6-7-8-10-40(61)64-29-65-48(62)60-34-16-17-35(60)27-58(26-34)46-37-25-55-44(36-24-33(54)23-31-13-18-38(51)42(52)41(31)36)43(53)45(37)56-47(57-46)63-28-49-20-9-22-59(49)39(19-21-49)30-11-14-32(50)15-12-30/h11-15,18,23-25,34-35,39H,2-10,16-17,19-22,26-29,54H2,1H3. The Labute approximate surface area is 375 Å². The third-order valence-electron chi connectivity index (χ3n) is 13.9. The number of nitrogens with zero attached hydrogens (tertiary/aromatic N) is 6. The van der Waals surface area contributed by atoms with Gasteiger partial charge in [0.25, 0.3) is 0 Å². The molecule has 4 saturated heterocycles. The maximum atomic E-state index is 17.2. The van der Waals surface area contributed by atoms with Gasteiger partial charge in [0, 0.05) is 48.4 Å². The van der Waals surface area contributed by atoms with Crippen LogP contribution in [-0.4, -0.2) is 87.5 Å². The third kappa shape index (κ3) is 8.97. The monoisotopic (exact) mass is 897 g/mol. The fourth-order valence-electron chi connectivity index (χ4n) is 10.7. The second-order valence-electron chi connectivity index (χ2n) is 18.1. The molecule has 0 saturated carbocycles. The number of esters is 1. The Morgan fingerprint density at radius 3 is 2.38 bits per heavy atom. The van der Waals surface area contributed by atoms with Crippen molar-refractivity contribution in [2.45, 2.75) is 120 Å². The van der Waals surface area contributed by atoms with Crippen molar-refractivity contribution < 1.29 is 41.4 Å². The van der Waals surface area contributed by atoms with E-state index in [1.165, 1.54) is 55.8 Å². The van der Waals surface area contributed by atoms with E-state index in [2.05, 4.69) is 21.8 Å². The van der Waals surface area contributed by atoms with Gasteiger partial charge in [-0.25, -0.2) is 22.4 Å². The highest BCUT2D eigenvalue weighted by molar-refractivity contribution is 6.01. The summed E-state index contributed by atoms with van der Waals surface area (Å²) in [5, 5.41) is 0.368. The van der Waals surface area contributed by atoms with Gasteiger partial charge in [0.05, 0.1) is 23.0 Å². The second-order valence-corrected chi connectivity index (χ2v) is 18.1. The quantitative estimate of drug-likeness (QED) is 0.0333. The number of nitrogens with two attached hydrogens (primary N) is 1. The molecular weight excluding hydrogens is 843 g/mol. The number of amides is 1. The molecule has 4 fully saturated rings. The minimum atomic E-state index is -1.16. The summed E-state index contributed by atoms with van der Waals surface area (Å²) in [6.45, 7) is 3.39. The van der Waals surface area contributed by atoms with E-state index in [0.29, 0.717) is 31.7 Å². The molecule has 344 valence electrons. The third-order valence-corrected chi connectivity index (χ3v) is 13.9. The maximum absolute atomic E-state index is 17.2. The Balaban J connectivity index is 0.970. The number of rotatable bonds is 16. The van der Waals surface area contributed by atoms with Crippen molar-refractivity contribution in [3.05, 3.63) is 83.6 Å². The van der Waals surface area contributed by atoms with E-state index in [1.54, 1.807) is 4.90 Å². The zero-order valence-corrected chi connectivity index (χ0v) is 36.7. The second kappa shape index (κ2) is 19.0. The van der Waals surface area contributed by atoms with Crippen LogP contribution in [0.15, 0.2) is 54.7 Å². The first-order valence-electron chi connectivity index (χ1n) is 23.1. The molecule has 12 nitrogen and oxygen atoms in total. The number of carbonyl (C=O) groups is 2. The number of pyridine rings is 1. The van der Waals surface area contributed by atoms with Crippen molar-refractivity contribution in [3.8, 4) is 17.3 Å². The normalized spacial score (nSPS) is 21.6. The van der Waals surface area contributed by atoms with Crippen molar-refractivity contribution in [1.82, 2.24) is 24.8 Å². The number of nitrogen functional groups attached to an aromatic ring is 1. The molecule has 65 heavy (non-hydrogen) atoms. The van der Waals surface area contributed by atoms with Crippen LogP contribution < -0.4 is 15.4 Å². The van der Waals surface area contributed by atoms with Gasteiger partial charge in [-0.05, 0) is 92.8 Å². The SMILES string of the molecule is CCCCCCCCCC(=O)OCOC(=O)N1C2CCC1CN(c1nc(OCC34CCCN3C(c3ccc(F)cc3)CC4)nc3c(F)c(-c4cc(N)cc5ccc(F)c(F)c45)ncc13)C2. The zero-order valence-electron chi connectivity index (χ0n) is 36.7. The summed E-state index contributed by atoms with van der Waals surface area (Å²) >= 11 is 0. The predicted molar refractivity (Wildman–Crippen MR) is 238 cm³/mol. The van der Waals surface area contributed by atoms with Gasteiger partial charge in [0.1, 0.15) is 29.5 Å². The lowest BCUT2D eigenvalue weighted by Gasteiger charge is -2.41. The number of ether oxygens (including phenoxy) is 3. The molecule has 3 aromatic carbocycles. The molecule has 4 aliphatic heterocycles. The van der Waals surface area contributed by atoms with E-state index >= 15 is 8.78 Å². The Morgan fingerprint density at radius 1 is 0.862 bits per heavy atom. The molecular formula is C49H55F4N7O5. The highest BCUT2D eigenvalue weighted by Crippen LogP contribution is 2.49. The molecule has 0 spiro atoms. The maximum Gasteiger partial charge on any atom is 0.413 e. The largest absolute Gasteiger partial charge is 0.461 e. The molecule has 1 amide bonds. The number of piperazine rings is 1. The Hall–Kier alpha value is -5.77. The molecule has 2 N–H and O–H groups in total. The van der Waals surface area contributed by atoms with Gasteiger partial charge in [0.15, 0.2) is 17.5 Å². The van der Waals surface area contributed by atoms with Gasteiger partial charge in [-0.15, -0.1) is 0 Å². The molecule has 4 unspecified atom stereocenters. The fourth-order valence-corrected chi connectivity index (χ4v) is 10.7. The van der Waals surface area contributed by atoms with Crippen LogP contribution in [0.25, 0.3) is 32.9 Å². The van der Waals surface area contributed by atoms with E-state index in [1.807, 2.05) is 17.0 Å². The highest BCUT2D eigenvalue weighted by atomic mass is 19.2. The van der Waals surface area contributed by atoms with Crippen LogP contribution in [0.3, 0.4) is 0 Å². The molecule has 2 aromatic heterocycles. The molecule has 9 rings (SSSR count). The summed E-state index contributed by atoms with van der Waals surface area (Å²) in [5.41, 5.74) is 6.64. The molecule has 5 aromatic rings. The summed E-state index contributed by atoms with van der Waals surface area (Å²) in [7, 11) is 0. The number of hydrogen-bond donors (Lipinski definition) is 1. The molecule has 2 bridgehead atoms. The van der Waals surface area contributed by atoms with Crippen molar-refractivity contribution in [2.75, 3.05) is 43.7 Å². The first kappa shape index (κ1) is 44.4. The van der Waals surface area contributed by atoms with Crippen molar-refractivity contribution in [3.63, 3.8) is 0 Å². The topological polar surface area (TPSA) is 136 Å². The van der Waals surface area contributed by atoms with Crippen molar-refractivity contribution in [1.29, 1.82) is 0 Å². The number of carbonyl (C=O) groups excluding carboxylic acids is 2. The zero-order chi connectivity index (χ0) is 45.2. The molecule has 4 aliphatic rings. The lowest BCUT2D eigenvalue weighted by atomic mass is 9.95. The average Bonchev–Trinajstić information content (AvgIpc) is 3.96. The van der Waals surface area contributed by atoms with Gasteiger partial charge in [-0.2, -0.15) is 9.97 Å². The van der Waals surface area contributed by atoms with Crippen LogP contribution >= 0.6 is 0 Å². The Morgan fingerprint density at radius 2 is 1.62 bits per heavy atom. The van der Waals surface area contributed by atoms with Gasteiger partial charge >= 0.3 is 18.1 Å².